The van der Waals surface area contributed by atoms with E-state index in [-0.39, 0.29) is 57.5 Å². The van der Waals surface area contributed by atoms with Gasteiger partial charge in [0.2, 0.25) is 0 Å². The molecule has 0 amide bonds. The van der Waals surface area contributed by atoms with Crippen LogP contribution in [-0.2, 0) is 9.59 Å². The first-order chi connectivity index (χ1) is 5.29. The van der Waals surface area contributed by atoms with Crippen LogP contribution in [0.15, 0.2) is 0 Å². The fourth-order valence-electron chi connectivity index (χ4n) is 0. The summed E-state index contributed by atoms with van der Waals surface area (Å²) in [5.74, 6) is -2.87. The molecule has 2 unspecified atom stereocenters. The van der Waals surface area contributed by atoms with Crippen LogP contribution >= 0.6 is 0 Å². The molecule has 0 aromatic carbocycles. The van der Waals surface area contributed by atoms with Crippen LogP contribution in [0, 0.1) is 0 Å². The maximum absolute atomic E-state index is 9.34. The van der Waals surface area contributed by atoms with E-state index in [1.807, 2.05) is 0 Å². The number of hydrogen-bond acceptors (Lipinski definition) is 6. The molecule has 6 N–H and O–H groups in total. The Bertz CT molecular complexity index is 142. The molecule has 7 nitrogen and oxygen atoms in total. The number of aliphatic hydroxyl groups excluding tert-OH is 2. The number of aliphatic hydroxyl groups is 2. The topological polar surface area (TPSA) is 157 Å². The Labute approximate surface area is 124 Å². The van der Waals surface area contributed by atoms with Crippen molar-refractivity contribution in [3.63, 3.8) is 0 Å². The molecule has 0 aromatic heterocycles. The third-order valence-corrected chi connectivity index (χ3v) is 0.682. The second-order valence-corrected chi connectivity index (χ2v) is 1.99. The zero-order chi connectivity index (χ0) is 10.3. The predicted octanol–water partition coefficient (Wildman–Crippen LogP) is -6.39. The van der Waals surface area contributed by atoms with E-state index in [9.17, 15) is 19.8 Å². The molecule has 0 bridgehead atoms. The largest absolute Gasteiger partial charge is 1.00 e. The van der Waals surface area contributed by atoms with Crippen molar-refractivity contribution in [1.82, 2.24) is 6.15 Å². The van der Waals surface area contributed by atoms with Gasteiger partial charge < -0.3 is 36.2 Å². The Kier molecular flexibility index (Phi) is 23.0. The summed E-state index contributed by atoms with van der Waals surface area (Å²) < 4.78 is 0. The van der Waals surface area contributed by atoms with Gasteiger partial charge >= 0.3 is 51.4 Å². The van der Waals surface area contributed by atoms with E-state index >= 15 is 0 Å². The summed E-state index contributed by atoms with van der Waals surface area (Å²) >= 11 is 0. The van der Waals surface area contributed by atoms with E-state index in [0.717, 1.165) is 13.8 Å². The molecular weight excluding hydrogens is 221 g/mol. The molecule has 0 aliphatic rings. The minimum Gasteiger partial charge on any atom is -0.547 e. The van der Waals surface area contributed by atoms with Gasteiger partial charge in [-0.25, -0.2) is 0 Å². The zero-order valence-corrected chi connectivity index (χ0v) is 11.8. The summed E-state index contributed by atoms with van der Waals surface area (Å²) in [5, 5.41) is 34.6. The predicted molar refractivity (Wildman–Crippen MR) is 39.4 cm³/mol. The smallest absolute Gasteiger partial charge is 0.547 e. The molecule has 2 atom stereocenters. The Balaban J connectivity index is -0.0000000625. The van der Waals surface area contributed by atoms with Crippen molar-refractivity contribution in [2.24, 2.45) is 0 Å². The Morgan fingerprint density at radius 3 is 1.07 bits per heavy atom. The quantitative estimate of drug-likeness (QED) is 0.404. The first-order valence-corrected chi connectivity index (χ1v) is 3.06. The average Bonchev–Trinajstić information content (AvgIpc) is 1.88. The van der Waals surface area contributed by atoms with Gasteiger partial charge in [-0.15, -0.1) is 0 Å². The SMILES string of the molecule is CC(O)C(=O)[O-].CC(O)C(=O)[O-].[K+].[NH4+]. The average molecular weight is 235 g/mol. The maximum Gasteiger partial charge on any atom is 1.00 e. The molecule has 0 radical (unpaired) electrons. The Hall–Kier alpha value is 0.456. The van der Waals surface area contributed by atoms with Crippen molar-refractivity contribution < 1.29 is 81.4 Å². The number of carboxylic acids is 2. The molecule has 0 spiro atoms. The molecule has 0 fully saturated rings. The van der Waals surface area contributed by atoms with Crippen LogP contribution < -0.4 is 67.7 Å². The van der Waals surface area contributed by atoms with Crippen molar-refractivity contribution in [3.05, 3.63) is 0 Å². The van der Waals surface area contributed by atoms with Crippen LogP contribution in [0.2, 0.25) is 0 Å². The molecule has 0 aromatic rings. The number of quaternary nitrogens is 1. The van der Waals surface area contributed by atoms with Gasteiger partial charge in [0.25, 0.3) is 0 Å². The molecule has 0 saturated heterocycles. The van der Waals surface area contributed by atoms with Crippen LogP contribution in [0.5, 0.6) is 0 Å². The van der Waals surface area contributed by atoms with Gasteiger partial charge in [0.05, 0.1) is 24.1 Å². The minimum absolute atomic E-state index is 0. The van der Waals surface area contributed by atoms with Gasteiger partial charge in [0, 0.05) is 0 Å². The monoisotopic (exact) mass is 235 g/mol. The molecular formula is C6H14KNO6. The van der Waals surface area contributed by atoms with Crippen LogP contribution in [0.3, 0.4) is 0 Å². The number of carboxylic acid groups (broad SMARTS) is 2. The second kappa shape index (κ2) is 13.5. The van der Waals surface area contributed by atoms with Gasteiger partial charge in [-0.1, -0.05) is 0 Å². The molecule has 0 aliphatic heterocycles. The van der Waals surface area contributed by atoms with Gasteiger partial charge in [-0.3, -0.25) is 0 Å². The molecule has 14 heavy (non-hydrogen) atoms. The van der Waals surface area contributed by atoms with Gasteiger partial charge in [0.15, 0.2) is 0 Å². The van der Waals surface area contributed by atoms with Crippen LogP contribution in [0.1, 0.15) is 13.8 Å². The third-order valence-electron chi connectivity index (χ3n) is 0.682. The summed E-state index contributed by atoms with van der Waals surface area (Å²) in [4.78, 5) is 18.7. The number of carbonyl (C=O) groups is 2. The summed E-state index contributed by atoms with van der Waals surface area (Å²) in [6.45, 7) is 2.27. The summed E-state index contributed by atoms with van der Waals surface area (Å²) in [5.41, 5.74) is 0. The molecule has 0 heterocycles. The third kappa shape index (κ3) is 22.9. The Morgan fingerprint density at radius 2 is 1.07 bits per heavy atom. The zero-order valence-electron chi connectivity index (χ0n) is 8.68. The van der Waals surface area contributed by atoms with Crippen LogP contribution in [0.25, 0.3) is 0 Å². The molecule has 0 saturated carbocycles. The van der Waals surface area contributed by atoms with E-state index < -0.39 is 24.1 Å². The van der Waals surface area contributed by atoms with Crippen molar-refractivity contribution >= 4 is 11.9 Å². The van der Waals surface area contributed by atoms with Crippen molar-refractivity contribution in [1.29, 1.82) is 0 Å². The fourth-order valence-corrected chi connectivity index (χ4v) is 0. The second-order valence-electron chi connectivity index (χ2n) is 1.99. The summed E-state index contributed by atoms with van der Waals surface area (Å²) in [6, 6.07) is 0. The van der Waals surface area contributed by atoms with E-state index in [1.165, 1.54) is 0 Å². The number of carbonyl (C=O) groups excluding carboxylic acids is 2. The normalized spacial score (nSPS) is 11.7. The summed E-state index contributed by atoms with van der Waals surface area (Å²) in [7, 11) is 0. The van der Waals surface area contributed by atoms with Crippen LogP contribution in [-0.4, -0.2) is 34.4 Å². The molecule has 8 heteroatoms. The van der Waals surface area contributed by atoms with E-state index in [2.05, 4.69) is 0 Å². The fraction of sp³-hybridized carbons (Fsp3) is 0.667. The first kappa shape index (κ1) is 23.9. The van der Waals surface area contributed by atoms with Gasteiger partial charge in [-0.2, -0.15) is 0 Å². The van der Waals surface area contributed by atoms with Gasteiger partial charge in [-0.05, 0) is 13.8 Å². The van der Waals surface area contributed by atoms with E-state index in [4.69, 9.17) is 10.2 Å². The van der Waals surface area contributed by atoms with Gasteiger partial charge in [0.1, 0.15) is 0 Å². The van der Waals surface area contributed by atoms with E-state index in [0.29, 0.717) is 0 Å². The summed E-state index contributed by atoms with van der Waals surface area (Å²) in [6.07, 6.45) is -2.69. The number of rotatable bonds is 2. The van der Waals surface area contributed by atoms with Crippen molar-refractivity contribution in [2.45, 2.75) is 26.1 Å². The maximum atomic E-state index is 9.34. The van der Waals surface area contributed by atoms with E-state index in [1.54, 1.807) is 0 Å². The standard InChI is InChI=1S/2C3H6O3.K.H3N/c2*1-2(4)3(5)6;;/h2*2,4H,1H3,(H,5,6);;1H3/q;;+1;/p-1. The van der Waals surface area contributed by atoms with Crippen LogP contribution in [0.4, 0.5) is 0 Å². The first-order valence-electron chi connectivity index (χ1n) is 3.06. The van der Waals surface area contributed by atoms with Crippen molar-refractivity contribution in [2.75, 3.05) is 0 Å². The molecule has 0 aliphatic carbocycles. The number of hydrogen-bond donors (Lipinski definition) is 3. The minimum atomic E-state index is -1.44. The Morgan fingerprint density at radius 1 is 1.00 bits per heavy atom. The molecule has 80 valence electrons. The molecule has 0 rings (SSSR count). The van der Waals surface area contributed by atoms with Crippen molar-refractivity contribution in [3.8, 4) is 0 Å². The number of aliphatic carboxylic acids is 2.